The Hall–Kier alpha value is -1.14. The monoisotopic (exact) mass is 258 g/mol. The van der Waals surface area contributed by atoms with Gasteiger partial charge in [0.15, 0.2) is 0 Å². The first-order chi connectivity index (χ1) is 8.47. The van der Waals surface area contributed by atoms with Crippen LogP contribution in [0, 0.1) is 0 Å². The molecule has 18 heavy (non-hydrogen) atoms. The van der Waals surface area contributed by atoms with E-state index in [1.807, 2.05) is 0 Å². The summed E-state index contributed by atoms with van der Waals surface area (Å²) in [6.07, 6.45) is 0.721. The molecule has 0 unspecified atom stereocenters. The van der Waals surface area contributed by atoms with Gasteiger partial charge in [-0.3, -0.25) is 9.59 Å². The van der Waals surface area contributed by atoms with Gasteiger partial charge < -0.3 is 19.7 Å². The molecule has 104 valence electrons. The molecule has 0 atom stereocenters. The minimum atomic E-state index is -0.799. The van der Waals surface area contributed by atoms with Crippen molar-refractivity contribution in [1.29, 1.82) is 0 Å². The van der Waals surface area contributed by atoms with Gasteiger partial charge in [0.25, 0.3) is 0 Å². The summed E-state index contributed by atoms with van der Waals surface area (Å²) in [5.41, 5.74) is -0.799. The van der Waals surface area contributed by atoms with Crippen molar-refractivity contribution in [3.63, 3.8) is 0 Å². The molecule has 0 bridgehead atoms. The molecule has 1 saturated heterocycles. The summed E-state index contributed by atoms with van der Waals surface area (Å²) in [5.74, 6) is -0.154. The number of carbonyl (C=O) groups is 2. The maximum atomic E-state index is 12.0. The van der Waals surface area contributed by atoms with Crippen LogP contribution >= 0.6 is 0 Å². The number of methoxy groups -OCH3 is 1. The lowest BCUT2D eigenvalue weighted by atomic mass is 10.0. The highest BCUT2D eigenvalue weighted by Gasteiger charge is 2.38. The largest absolute Gasteiger partial charge is 0.382 e. The Morgan fingerprint density at radius 1 is 1.28 bits per heavy atom. The van der Waals surface area contributed by atoms with E-state index in [1.54, 1.807) is 25.9 Å². The summed E-state index contributed by atoms with van der Waals surface area (Å²) < 4.78 is 10.2. The highest BCUT2D eigenvalue weighted by Crippen LogP contribution is 2.13. The minimum absolute atomic E-state index is 0.0426. The van der Waals surface area contributed by atoms with Gasteiger partial charge in [0.05, 0.1) is 19.8 Å². The van der Waals surface area contributed by atoms with Gasteiger partial charge in [0.2, 0.25) is 11.8 Å². The van der Waals surface area contributed by atoms with E-state index in [0.29, 0.717) is 26.4 Å². The summed E-state index contributed by atoms with van der Waals surface area (Å²) in [6, 6.07) is 0. The highest BCUT2D eigenvalue weighted by molar-refractivity contribution is 5.97. The zero-order chi connectivity index (χ0) is 13.6. The lowest BCUT2D eigenvalue weighted by Gasteiger charge is -2.37. The second-order valence-electron chi connectivity index (χ2n) is 4.86. The molecule has 0 aromatic rings. The molecule has 0 aromatic heterocycles. The molecule has 0 saturated carbocycles. The summed E-state index contributed by atoms with van der Waals surface area (Å²) in [7, 11) is 1.62. The van der Waals surface area contributed by atoms with Gasteiger partial charge in [0.1, 0.15) is 5.54 Å². The van der Waals surface area contributed by atoms with Crippen LogP contribution in [-0.2, 0) is 19.1 Å². The molecule has 0 radical (unpaired) electrons. The smallest absolute Gasteiger partial charge is 0.248 e. The number of rotatable bonds is 7. The number of carbonyl (C=O) groups excluding carboxylic acids is 2. The quantitative estimate of drug-likeness (QED) is 0.641. The molecule has 1 N–H and O–H groups in total. The topological polar surface area (TPSA) is 67.9 Å². The molecule has 1 aliphatic rings. The van der Waals surface area contributed by atoms with Crippen LogP contribution in [0.15, 0.2) is 0 Å². The first-order valence-electron chi connectivity index (χ1n) is 6.14. The van der Waals surface area contributed by atoms with E-state index in [9.17, 15) is 9.59 Å². The van der Waals surface area contributed by atoms with E-state index in [-0.39, 0.29) is 18.4 Å². The van der Waals surface area contributed by atoms with E-state index in [1.165, 1.54) is 0 Å². The van der Waals surface area contributed by atoms with Crippen LogP contribution in [0.5, 0.6) is 0 Å². The van der Waals surface area contributed by atoms with Gasteiger partial charge in [-0.2, -0.15) is 0 Å². The van der Waals surface area contributed by atoms with Crippen molar-refractivity contribution < 1.29 is 19.1 Å². The third-order valence-electron chi connectivity index (χ3n) is 2.76. The van der Waals surface area contributed by atoms with Crippen molar-refractivity contribution in [2.75, 3.05) is 40.0 Å². The number of hydrogen-bond acceptors (Lipinski definition) is 4. The predicted octanol–water partition coefficient (Wildman–Crippen LogP) is -0.223. The maximum Gasteiger partial charge on any atom is 0.248 e. The number of amides is 2. The standard InChI is InChI=1S/C12H22N2O4/c1-12(2)11(16)14(9-10(15)13-12)5-4-6-18-8-7-17-3/h4-9H2,1-3H3,(H,13,15). The number of nitrogens with zero attached hydrogens (tertiary/aromatic N) is 1. The van der Waals surface area contributed by atoms with Gasteiger partial charge in [-0.25, -0.2) is 0 Å². The molecular weight excluding hydrogens is 236 g/mol. The SMILES string of the molecule is COCCOCCCN1CC(=O)NC(C)(C)C1=O. The predicted molar refractivity (Wildman–Crippen MR) is 66.1 cm³/mol. The Labute approximate surface area is 108 Å². The van der Waals surface area contributed by atoms with E-state index in [4.69, 9.17) is 9.47 Å². The molecule has 1 fully saturated rings. The summed E-state index contributed by atoms with van der Waals surface area (Å²) in [6.45, 7) is 5.80. The average molecular weight is 258 g/mol. The molecule has 1 aliphatic heterocycles. The van der Waals surface area contributed by atoms with Crippen LogP contribution in [0.3, 0.4) is 0 Å². The van der Waals surface area contributed by atoms with Crippen LogP contribution in [0.1, 0.15) is 20.3 Å². The van der Waals surface area contributed by atoms with Crippen LogP contribution in [0.25, 0.3) is 0 Å². The molecule has 2 amide bonds. The minimum Gasteiger partial charge on any atom is -0.382 e. The zero-order valence-electron chi connectivity index (χ0n) is 11.3. The molecule has 1 rings (SSSR count). The maximum absolute atomic E-state index is 12.0. The molecule has 6 nitrogen and oxygen atoms in total. The average Bonchev–Trinajstić information content (AvgIpc) is 2.29. The van der Waals surface area contributed by atoms with Gasteiger partial charge in [0, 0.05) is 20.3 Å². The van der Waals surface area contributed by atoms with Crippen LogP contribution in [0.2, 0.25) is 0 Å². The number of nitrogens with one attached hydrogen (secondary N) is 1. The normalized spacial score (nSPS) is 18.9. The lowest BCUT2D eigenvalue weighted by molar-refractivity contribution is -0.148. The van der Waals surface area contributed by atoms with E-state index >= 15 is 0 Å². The van der Waals surface area contributed by atoms with Crippen molar-refractivity contribution in [1.82, 2.24) is 10.2 Å². The van der Waals surface area contributed by atoms with E-state index < -0.39 is 5.54 Å². The van der Waals surface area contributed by atoms with Crippen LogP contribution in [0.4, 0.5) is 0 Å². The van der Waals surface area contributed by atoms with E-state index in [2.05, 4.69) is 5.32 Å². The van der Waals surface area contributed by atoms with Gasteiger partial charge in [-0.1, -0.05) is 0 Å². The Bertz CT molecular complexity index is 304. The Morgan fingerprint density at radius 3 is 2.67 bits per heavy atom. The van der Waals surface area contributed by atoms with Gasteiger partial charge in [-0.05, 0) is 20.3 Å². The second kappa shape index (κ2) is 6.70. The fourth-order valence-corrected chi connectivity index (χ4v) is 1.86. The summed E-state index contributed by atoms with van der Waals surface area (Å²) in [4.78, 5) is 25.0. The van der Waals surface area contributed by atoms with Crippen LogP contribution in [-0.4, -0.2) is 62.3 Å². The molecule has 1 heterocycles. The first-order valence-corrected chi connectivity index (χ1v) is 6.14. The van der Waals surface area contributed by atoms with Gasteiger partial charge in [-0.15, -0.1) is 0 Å². The van der Waals surface area contributed by atoms with Crippen LogP contribution < -0.4 is 5.32 Å². The van der Waals surface area contributed by atoms with Crippen molar-refractivity contribution in [2.24, 2.45) is 0 Å². The summed E-state index contributed by atoms with van der Waals surface area (Å²) in [5, 5.41) is 2.68. The molecular formula is C12H22N2O4. The summed E-state index contributed by atoms with van der Waals surface area (Å²) >= 11 is 0. The molecule has 0 spiro atoms. The molecule has 6 heteroatoms. The Kier molecular flexibility index (Phi) is 5.55. The Morgan fingerprint density at radius 2 is 2.00 bits per heavy atom. The number of ether oxygens (including phenoxy) is 2. The third-order valence-corrected chi connectivity index (χ3v) is 2.76. The first kappa shape index (κ1) is 14.9. The van der Waals surface area contributed by atoms with Crippen molar-refractivity contribution >= 4 is 11.8 Å². The van der Waals surface area contributed by atoms with Crippen molar-refractivity contribution in [3.05, 3.63) is 0 Å². The molecule has 0 aromatic carbocycles. The van der Waals surface area contributed by atoms with Crippen molar-refractivity contribution in [2.45, 2.75) is 25.8 Å². The fraction of sp³-hybridized carbons (Fsp3) is 0.833. The fourth-order valence-electron chi connectivity index (χ4n) is 1.86. The third kappa shape index (κ3) is 4.27. The van der Waals surface area contributed by atoms with Gasteiger partial charge >= 0.3 is 0 Å². The number of piperazine rings is 1. The molecule has 0 aliphatic carbocycles. The van der Waals surface area contributed by atoms with Crippen molar-refractivity contribution in [3.8, 4) is 0 Å². The second-order valence-corrected chi connectivity index (χ2v) is 4.86. The number of hydrogen-bond donors (Lipinski definition) is 1. The zero-order valence-corrected chi connectivity index (χ0v) is 11.3. The van der Waals surface area contributed by atoms with E-state index in [0.717, 1.165) is 6.42 Å². The lowest BCUT2D eigenvalue weighted by Crippen LogP contribution is -2.63. The Balaban J connectivity index is 2.28. The highest BCUT2D eigenvalue weighted by atomic mass is 16.5.